The van der Waals surface area contributed by atoms with Gasteiger partial charge in [0.1, 0.15) is 15.9 Å². The van der Waals surface area contributed by atoms with Crippen LogP contribution in [0.2, 0.25) is 10.0 Å². The molecule has 11 heteroatoms. The van der Waals surface area contributed by atoms with Gasteiger partial charge < -0.3 is 9.64 Å². The number of carbonyl (C=O) groups excluding carboxylic acids is 3. The molecule has 152 valence electrons. The average molecular weight is 449 g/mol. The summed E-state index contributed by atoms with van der Waals surface area (Å²) in [6.45, 7) is 1.26. The molecule has 1 aromatic rings. The summed E-state index contributed by atoms with van der Waals surface area (Å²) in [5.41, 5.74) is 0.0806. The normalized spacial score (nSPS) is 18.4. The van der Waals surface area contributed by atoms with E-state index < -0.39 is 33.6 Å². The molecule has 0 unspecified atom stereocenters. The molecule has 0 aliphatic carbocycles. The molecule has 0 bridgehead atoms. The number of morpholine rings is 1. The minimum Gasteiger partial charge on any atom is -0.378 e. The average Bonchev–Trinajstić information content (AvgIpc) is 2.87. The predicted octanol–water partition coefficient (Wildman–Crippen LogP) is 1.25. The maximum atomic E-state index is 13.1. The van der Waals surface area contributed by atoms with Crippen molar-refractivity contribution in [1.82, 2.24) is 9.80 Å². The Balaban J connectivity index is 1.96. The van der Waals surface area contributed by atoms with Crippen molar-refractivity contribution in [2.75, 3.05) is 38.3 Å². The van der Waals surface area contributed by atoms with E-state index >= 15 is 0 Å². The van der Waals surface area contributed by atoms with E-state index in [-0.39, 0.29) is 33.3 Å². The number of imide groups is 1. The number of amides is 3. The molecule has 0 spiro atoms. The maximum Gasteiger partial charge on any atom is 0.262 e. The summed E-state index contributed by atoms with van der Waals surface area (Å²) in [5, 5.41) is 0.214. The zero-order valence-electron chi connectivity index (χ0n) is 15.0. The number of carbonyl (C=O) groups is 3. The highest BCUT2D eigenvalue weighted by molar-refractivity contribution is 7.90. The van der Waals surface area contributed by atoms with Crippen LogP contribution >= 0.6 is 23.2 Å². The third-order valence-corrected chi connectivity index (χ3v) is 6.34. The summed E-state index contributed by atoms with van der Waals surface area (Å²) in [6.07, 6.45) is 0.840. The number of benzene rings is 1. The van der Waals surface area contributed by atoms with Crippen LogP contribution in [0.25, 0.3) is 0 Å². The van der Waals surface area contributed by atoms with Gasteiger partial charge in [0, 0.05) is 19.3 Å². The molecule has 28 heavy (non-hydrogen) atoms. The van der Waals surface area contributed by atoms with Gasteiger partial charge in [-0.2, -0.15) is 0 Å². The van der Waals surface area contributed by atoms with Gasteiger partial charge in [0.2, 0.25) is 5.91 Å². The van der Waals surface area contributed by atoms with Crippen molar-refractivity contribution in [3.05, 3.63) is 33.3 Å². The molecule has 1 aromatic carbocycles. The van der Waals surface area contributed by atoms with Crippen LogP contribution < -0.4 is 0 Å². The number of hydrogen-bond acceptors (Lipinski definition) is 6. The lowest BCUT2D eigenvalue weighted by Crippen LogP contribution is -2.54. The lowest BCUT2D eigenvalue weighted by molar-refractivity contribution is -0.139. The summed E-state index contributed by atoms with van der Waals surface area (Å²) >= 11 is 11.9. The fourth-order valence-electron chi connectivity index (χ4n) is 3.22. The Labute approximate surface area is 172 Å². The van der Waals surface area contributed by atoms with E-state index in [2.05, 4.69) is 0 Å². The minimum atomic E-state index is -3.42. The Bertz CT molecular complexity index is 902. The van der Waals surface area contributed by atoms with Crippen molar-refractivity contribution in [2.24, 2.45) is 0 Å². The second-order valence-electron chi connectivity index (χ2n) is 6.66. The molecule has 0 radical (unpaired) electrons. The zero-order chi connectivity index (χ0) is 20.6. The largest absolute Gasteiger partial charge is 0.378 e. The first-order chi connectivity index (χ1) is 13.1. The number of ether oxygens (including phenoxy) is 1. The molecule has 0 aromatic heterocycles. The van der Waals surface area contributed by atoms with Gasteiger partial charge in [-0.15, -0.1) is 0 Å². The van der Waals surface area contributed by atoms with Crippen LogP contribution in [-0.2, 0) is 19.4 Å². The van der Waals surface area contributed by atoms with Gasteiger partial charge in [-0.1, -0.05) is 23.2 Å². The molecular weight excluding hydrogens is 431 g/mol. The van der Waals surface area contributed by atoms with E-state index in [0.717, 1.165) is 11.2 Å². The Morgan fingerprint density at radius 3 is 2.07 bits per heavy atom. The number of fused-ring (bicyclic) bond motifs is 1. The van der Waals surface area contributed by atoms with Crippen LogP contribution in [0, 0.1) is 0 Å². The fraction of sp³-hybridized carbons (Fsp3) is 0.471. The van der Waals surface area contributed by atoms with Crippen LogP contribution in [0.1, 0.15) is 27.1 Å². The van der Waals surface area contributed by atoms with Gasteiger partial charge >= 0.3 is 0 Å². The van der Waals surface area contributed by atoms with Gasteiger partial charge in [0.15, 0.2) is 0 Å². The SMILES string of the molecule is CS(=O)(=O)CC[C@H](C(=O)N1CCOCC1)N1C(=O)c2cc(Cl)c(Cl)cc2C1=O. The number of rotatable bonds is 5. The van der Waals surface area contributed by atoms with E-state index in [9.17, 15) is 22.8 Å². The highest BCUT2D eigenvalue weighted by Gasteiger charge is 2.44. The van der Waals surface area contributed by atoms with E-state index in [1.165, 1.54) is 17.0 Å². The Kier molecular flexibility index (Phi) is 6.00. The van der Waals surface area contributed by atoms with Crippen LogP contribution in [0.15, 0.2) is 12.1 Å². The summed E-state index contributed by atoms with van der Waals surface area (Å²) in [5.74, 6) is -2.22. The van der Waals surface area contributed by atoms with Gasteiger partial charge in [0.25, 0.3) is 11.8 Å². The molecule has 3 rings (SSSR count). The molecule has 8 nitrogen and oxygen atoms in total. The molecule has 0 N–H and O–H groups in total. The summed E-state index contributed by atoms with van der Waals surface area (Å²) in [7, 11) is -3.42. The number of halogens is 2. The fourth-order valence-corrected chi connectivity index (χ4v) is 4.20. The first kappa shape index (κ1) is 21.0. The molecule has 3 amide bonds. The second kappa shape index (κ2) is 7.98. The smallest absolute Gasteiger partial charge is 0.262 e. The molecule has 2 aliphatic rings. The van der Waals surface area contributed by atoms with Crippen molar-refractivity contribution in [1.29, 1.82) is 0 Å². The van der Waals surface area contributed by atoms with Crippen molar-refractivity contribution in [2.45, 2.75) is 12.5 Å². The van der Waals surface area contributed by atoms with E-state index in [0.29, 0.717) is 26.3 Å². The van der Waals surface area contributed by atoms with Crippen LogP contribution in [0.5, 0.6) is 0 Å². The monoisotopic (exact) mass is 448 g/mol. The molecule has 1 saturated heterocycles. The van der Waals surface area contributed by atoms with Crippen molar-refractivity contribution in [3.63, 3.8) is 0 Å². The zero-order valence-corrected chi connectivity index (χ0v) is 17.3. The summed E-state index contributed by atoms with van der Waals surface area (Å²) in [6, 6.07) is 1.33. The van der Waals surface area contributed by atoms with Gasteiger partial charge in [0.05, 0.1) is 40.1 Å². The van der Waals surface area contributed by atoms with Crippen LogP contribution in [-0.4, -0.2) is 80.3 Å². The lowest BCUT2D eigenvalue weighted by Gasteiger charge is -2.33. The standard InChI is InChI=1S/C17H18Cl2N2O6S/c1-28(25,26)7-2-14(17(24)20-3-5-27-6-4-20)21-15(22)10-8-12(18)13(19)9-11(10)16(21)23/h8-9,14H,2-7H2,1H3/t14-/m1/s1. The Morgan fingerprint density at radius 2 is 1.61 bits per heavy atom. The minimum absolute atomic E-state index is 0.0403. The molecule has 2 heterocycles. The van der Waals surface area contributed by atoms with E-state index in [1.54, 1.807) is 0 Å². The number of sulfone groups is 1. The molecule has 1 atom stereocenters. The summed E-state index contributed by atoms with van der Waals surface area (Å²) in [4.78, 5) is 41.1. The molecular formula is C17H18Cl2N2O6S. The Hall–Kier alpha value is -1.68. The third kappa shape index (κ3) is 4.17. The third-order valence-electron chi connectivity index (χ3n) is 4.64. The maximum absolute atomic E-state index is 13.1. The topological polar surface area (TPSA) is 101 Å². The first-order valence-electron chi connectivity index (χ1n) is 8.51. The second-order valence-corrected chi connectivity index (χ2v) is 9.74. The number of nitrogens with zero attached hydrogens (tertiary/aromatic N) is 2. The number of hydrogen-bond donors (Lipinski definition) is 0. The van der Waals surface area contributed by atoms with E-state index in [1.807, 2.05) is 0 Å². The van der Waals surface area contributed by atoms with Crippen molar-refractivity contribution in [3.8, 4) is 0 Å². The Morgan fingerprint density at radius 1 is 1.11 bits per heavy atom. The summed E-state index contributed by atoms with van der Waals surface area (Å²) < 4.78 is 28.5. The molecule has 2 aliphatic heterocycles. The van der Waals surface area contributed by atoms with Crippen molar-refractivity contribution >= 4 is 50.8 Å². The van der Waals surface area contributed by atoms with E-state index in [4.69, 9.17) is 27.9 Å². The predicted molar refractivity (Wildman–Crippen MR) is 102 cm³/mol. The van der Waals surface area contributed by atoms with Gasteiger partial charge in [-0.3, -0.25) is 19.3 Å². The van der Waals surface area contributed by atoms with Crippen molar-refractivity contribution < 1.29 is 27.5 Å². The highest BCUT2D eigenvalue weighted by Crippen LogP contribution is 2.33. The lowest BCUT2D eigenvalue weighted by atomic mass is 10.1. The van der Waals surface area contributed by atoms with Gasteiger partial charge in [-0.05, 0) is 18.6 Å². The van der Waals surface area contributed by atoms with Crippen LogP contribution in [0.3, 0.4) is 0 Å². The van der Waals surface area contributed by atoms with Crippen LogP contribution in [0.4, 0.5) is 0 Å². The quantitative estimate of drug-likeness (QED) is 0.628. The first-order valence-corrected chi connectivity index (χ1v) is 11.3. The highest BCUT2D eigenvalue weighted by atomic mass is 35.5. The van der Waals surface area contributed by atoms with Gasteiger partial charge in [-0.25, -0.2) is 8.42 Å². The molecule has 1 fully saturated rings. The molecule has 0 saturated carbocycles.